The number of carbonyl (C=O) groups excluding carboxylic acids is 2. The molecule has 1 unspecified atom stereocenters. The average molecular weight is 246 g/mol. The van der Waals surface area contributed by atoms with Gasteiger partial charge in [0.15, 0.2) is 0 Å². The minimum atomic E-state index is -0.505. The summed E-state index contributed by atoms with van der Waals surface area (Å²) in [5.74, 6) is -1.29. The molecule has 0 saturated heterocycles. The van der Waals surface area contributed by atoms with Crippen molar-refractivity contribution in [3.05, 3.63) is 0 Å². The first-order valence-corrected chi connectivity index (χ1v) is 5.66. The molecule has 0 aromatic heterocycles. The van der Waals surface area contributed by atoms with Crippen molar-refractivity contribution < 1.29 is 14.3 Å². The maximum atomic E-state index is 11.6. The monoisotopic (exact) mass is 246 g/mol. The molecule has 0 aromatic carbocycles. The van der Waals surface area contributed by atoms with Crippen LogP contribution in [0.3, 0.4) is 0 Å². The van der Waals surface area contributed by atoms with E-state index in [2.05, 4.69) is 10.1 Å². The quantitative estimate of drug-likeness (QED) is 0.501. The van der Waals surface area contributed by atoms with Gasteiger partial charge in [-0.15, -0.1) is 0 Å². The Morgan fingerprint density at radius 2 is 2.06 bits per heavy atom. The van der Waals surface area contributed by atoms with Crippen LogP contribution in [0.25, 0.3) is 0 Å². The number of hydrogen-bond acceptors (Lipinski definition) is 4. The molecule has 0 aliphatic carbocycles. The summed E-state index contributed by atoms with van der Waals surface area (Å²) in [5, 5.41) is 2.45. The number of ether oxygens (including phenoxy) is 1. The van der Waals surface area contributed by atoms with Gasteiger partial charge in [0.1, 0.15) is 6.54 Å². The van der Waals surface area contributed by atoms with E-state index in [9.17, 15) is 9.59 Å². The molecule has 0 bridgehead atoms. The van der Waals surface area contributed by atoms with Crippen LogP contribution in [0.15, 0.2) is 0 Å². The lowest BCUT2D eigenvalue weighted by molar-refractivity contribution is -0.143. The van der Waals surface area contributed by atoms with Gasteiger partial charge in [0.2, 0.25) is 5.91 Å². The van der Waals surface area contributed by atoms with Crippen LogP contribution in [-0.2, 0) is 14.3 Å². The maximum absolute atomic E-state index is 11.6. The smallest absolute Gasteiger partial charge is 0.325 e. The third kappa shape index (κ3) is 5.65. The van der Waals surface area contributed by atoms with E-state index in [0.29, 0.717) is 13.0 Å². The van der Waals surface area contributed by atoms with Crippen molar-refractivity contribution in [1.82, 2.24) is 5.32 Å². The predicted octanol–water partition coefficient (Wildman–Crippen LogP) is 0.368. The molecule has 0 radical (unpaired) electrons. The van der Waals surface area contributed by atoms with Gasteiger partial charge in [-0.1, -0.05) is 25.6 Å². The van der Waals surface area contributed by atoms with Crippen molar-refractivity contribution in [2.24, 2.45) is 11.7 Å². The fourth-order valence-electron chi connectivity index (χ4n) is 1.19. The van der Waals surface area contributed by atoms with Crippen LogP contribution in [0.2, 0.25) is 0 Å². The van der Waals surface area contributed by atoms with E-state index < -0.39 is 11.9 Å². The Morgan fingerprint density at radius 3 is 2.50 bits per heavy atom. The van der Waals surface area contributed by atoms with Gasteiger partial charge >= 0.3 is 5.97 Å². The molecule has 1 atom stereocenters. The average Bonchev–Trinajstić information content (AvgIpc) is 2.22. The molecule has 3 N–H and O–H groups in total. The number of carbonyl (C=O) groups is 2. The second-order valence-corrected chi connectivity index (χ2v) is 3.74. The predicted molar refractivity (Wildman–Crippen MR) is 64.8 cm³/mol. The summed E-state index contributed by atoms with van der Waals surface area (Å²) >= 11 is 4.79. The van der Waals surface area contributed by atoms with Crippen LogP contribution in [0, 0.1) is 5.92 Å². The van der Waals surface area contributed by atoms with Crippen molar-refractivity contribution in [3.8, 4) is 0 Å². The number of rotatable bonds is 7. The van der Waals surface area contributed by atoms with E-state index in [1.165, 1.54) is 0 Å². The van der Waals surface area contributed by atoms with Gasteiger partial charge in [-0.2, -0.15) is 0 Å². The zero-order valence-electron chi connectivity index (χ0n) is 9.62. The highest BCUT2D eigenvalue weighted by molar-refractivity contribution is 7.80. The molecule has 0 spiro atoms. The fourth-order valence-corrected chi connectivity index (χ4v) is 1.41. The Balaban J connectivity index is 4.11. The minimum absolute atomic E-state index is 0.143. The molecule has 0 aromatic rings. The Labute approximate surface area is 101 Å². The first-order valence-electron chi connectivity index (χ1n) is 5.25. The molecule has 0 aliphatic rings. The van der Waals surface area contributed by atoms with Gasteiger partial charge in [-0.05, 0) is 13.3 Å². The molecule has 1 amide bonds. The highest BCUT2D eigenvalue weighted by atomic mass is 32.1. The van der Waals surface area contributed by atoms with Crippen LogP contribution in [-0.4, -0.2) is 30.0 Å². The molecule has 92 valence electrons. The Morgan fingerprint density at radius 1 is 1.44 bits per heavy atom. The Bertz CT molecular complexity index is 269. The Hall–Kier alpha value is -1.17. The van der Waals surface area contributed by atoms with Crippen molar-refractivity contribution >= 4 is 29.1 Å². The standard InChI is InChI=1S/C10H18N2O3S/c1-3-5-7(9(11)16)10(14)12-6-8(13)15-4-2/h7H,3-6H2,1-2H3,(H2,11,16)(H,12,14). The van der Waals surface area contributed by atoms with E-state index in [4.69, 9.17) is 18.0 Å². The Kier molecular flexibility index (Phi) is 7.45. The number of thiocarbonyl (C=S) groups is 1. The first kappa shape index (κ1) is 14.8. The molecule has 6 heteroatoms. The molecule has 0 aliphatic heterocycles. The zero-order valence-corrected chi connectivity index (χ0v) is 10.4. The number of amides is 1. The highest BCUT2D eigenvalue weighted by Gasteiger charge is 2.20. The van der Waals surface area contributed by atoms with Crippen LogP contribution in [0.4, 0.5) is 0 Å². The lowest BCUT2D eigenvalue weighted by Gasteiger charge is -2.13. The number of hydrogen-bond donors (Lipinski definition) is 2. The van der Waals surface area contributed by atoms with Crippen LogP contribution < -0.4 is 11.1 Å². The highest BCUT2D eigenvalue weighted by Crippen LogP contribution is 2.06. The summed E-state index contributed by atoms with van der Waals surface area (Å²) in [6.07, 6.45) is 1.39. The van der Waals surface area contributed by atoms with Gasteiger partial charge in [0.05, 0.1) is 17.5 Å². The van der Waals surface area contributed by atoms with Gasteiger partial charge < -0.3 is 15.8 Å². The molecular weight excluding hydrogens is 228 g/mol. The summed E-state index contributed by atoms with van der Waals surface area (Å²) < 4.78 is 4.67. The second-order valence-electron chi connectivity index (χ2n) is 3.27. The lowest BCUT2D eigenvalue weighted by atomic mass is 10.0. The summed E-state index contributed by atoms with van der Waals surface area (Å²) in [6, 6.07) is 0. The van der Waals surface area contributed by atoms with Gasteiger partial charge in [-0.3, -0.25) is 9.59 Å². The molecule has 0 saturated carbocycles. The number of esters is 1. The van der Waals surface area contributed by atoms with Crippen molar-refractivity contribution in [2.75, 3.05) is 13.2 Å². The van der Waals surface area contributed by atoms with Crippen molar-refractivity contribution in [1.29, 1.82) is 0 Å². The molecule has 0 heterocycles. The SMILES string of the molecule is CCCC(C(=O)NCC(=O)OCC)C(N)=S. The molecule has 16 heavy (non-hydrogen) atoms. The van der Waals surface area contributed by atoms with E-state index in [0.717, 1.165) is 6.42 Å². The second kappa shape index (κ2) is 8.04. The topological polar surface area (TPSA) is 81.4 Å². The third-order valence-corrected chi connectivity index (χ3v) is 2.23. The summed E-state index contributed by atoms with van der Waals surface area (Å²) in [5.41, 5.74) is 5.44. The molecule has 0 fully saturated rings. The molecule has 5 nitrogen and oxygen atoms in total. The summed E-state index contributed by atoms with van der Waals surface area (Å²) in [7, 11) is 0. The largest absolute Gasteiger partial charge is 0.465 e. The number of nitrogens with two attached hydrogens (primary N) is 1. The van der Waals surface area contributed by atoms with Gasteiger partial charge in [0.25, 0.3) is 0 Å². The van der Waals surface area contributed by atoms with Crippen molar-refractivity contribution in [3.63, 3.8) is 0 Å². The molecule has 0 rings (SSSR count). The van der Waals surface area contributed by atoms with Crippen LogP contribution in [0.5, 0.6) is 0 Å². The third-order valence-electron chi connectivity index (χ3n) is 1.95. The number of nitrogens with one attached hydrogen (secondary N) is 1. The normalized spacial score (nSPS) is 11.6. The zero-order chi connectivity index (χ0) is 12.6. The van der Waals surface area contributed by atoms with E-state index in [-0.39, 0.29) is 17.4 Å². The van der Waals surface area contributed by atoms with E-state index >= 15 is 0 Å². The fraction of sp³-hybridized carbons (Fsp3) is 0.700. The van der Waals surface area contributed by atoms with Gasteiger partial charge in [0, 0.05) is 0 Å². The summed E-state index contributed by atoms with van der Waals surface area (Å²) in [4.78, 5) is 22.7. The van der Waals surface area contributed by atoms with Crippen LogP contribution in [0.1, 0.15) is 26.7 Å². The summed E-state index contributed by atoms with van der Waals surface area (Å²) in [6.45, 7) is 3.79. The lowest BCUT2D eigenvalue weighted by Crippen LogP contribution is -2.40. The molecular formula is C10H18N2O3S. The van der Waals surface area contributed by atoms with Gasteiger partial charge in [-0.25, -0.2) is 0 Å². The maximum Gasteiger partial charge on any atom is 0.325 e. The van der Waals surface area contributed by atoms with Crippen LogP contribution >= 0.6 is 12.2 Å². The minimum Gasteiger partial charge on any atom is -0.465 e. The van der Waals surface area contributed by atoms with E-state index in [1.807, 2.05) is 6.92 Å². The van der Waals surface area contributed by atoms with E-state index in [1.54, 1.807) is 6.92 Å². The van der Waals surface area contributed by atoms with Crippen molar-refractivity contribution in [2.45, 2.75) is 26.7 Å². The first-order chi connectivity index (χ1) is 7.52.